The van der Waals surface area contributed by atoms with Crippen LogP contribution in [-0.2, 0) is 0 Å². The van der Waals surface area contributed by atoms with Crippen molar-refractivity contribution in [1.82, 2.24) is 24.8 Å². The fourth-order valence-electron chi connectivity index (χ4n) is 3.54. The van der Waals surface area contributed by atoms with Gasteiger partial charge in [0.25, 0.3) is 0 Å². The lowest BCUT2D eigenvalue weighted by atomic mass is 10.1. The summed E-state index contributed by atoms with van der Waals surface area (Å²) in [6.07, 6.45) is 3.49. The minimum atomic E-state index is -4.49. The molecule has 1 fully saturated rings. The van der Waals surface area contributed by atoms with Gasteiger partial charge in [-0.2, -0.15) is 28.1 Å². The molecule has 1 saturated heterocycles. The lowest BCUT2D eigenvalue weighted by Gasteiger charge is -2.33. The Kier molecular flexibility index (Phi) is 5.77. The summed E-state index contributed by atoms with van der Waals surface area (Å²) in [5.74, 6) is 0.780. The first kappa shape index (κ1) is 21.0. The number of hydrogen-bond acceptors (Lipinski definition) is 8. The Bertz CT molecular complexity index is 972. The SMILES string of the molecule is CN1C(C(F)(F)F)=CC=CC1c1nc(Nc2ccncc2)nc(N2CCC(O)CC2)n1. The molecule has 0 aliphatic carbocycles. The van der Waals surface area contributed by atoms with Crippen molar-refractivity contribution < 1.29 is 18.3 Å². The molecule has 8 nitrogen and oxygen atoms in total. The number of anilines is 3. The van der Waals surface area contributed by atoms with E-state index in [1.165, 1.54) is 13.1 Å². The van der Waals surface area contributed by atoms with Crippen LogP contribution in [0.3, 0.4) is 0 Å². The summed E-state index contributed by atoms with van der Waals surface area (Å²) in [6.45, 7) is 1.09. The predicted molar refractivity (Wildman–Crippen MR) is 109 cm³/mol. The number of nitrogens with one attached hydrogen (secondary N) is 1. The van der Waals surface area contributed by atoms with Crippen LogP contribution in [0.1, 0.15) is 24.7 Å². The summed E-state index contributed by atoms with van der Waals surface area (Å²) in [7, 11) is 1.37. The molecule has 2 N–H and O–H groups in total. The molecule has 0 aromatic carbocycles. The normalized spacial score (nSPS) is 20.0. The first-order valence-electron chi connectivity index (χ1n) is 9.86. The average molecular weight is 433 g/mol. The molecule has 11 heteroatoms. The fourth-order valence-corrected chi connectivity index (χ4v) is 3.54. The lowest BCUT2D eigenvalue weighted by Crippen LogP contribution is -2.38. The van der Waals surface area contributed by atoms with E-state index in [1.54, 1.807) is 30.6 Å². The number of piperidine rings is 1. The third kappa shape index (κ3) is 4.76. The molecule has 0 radical (unpaired) electrons. The van der Waals surface area contributed by atoms with Crippen LogP contribution >= 0.6 is 0 Å². The second-order valence-corrected chi connectivity index (χ2v) is 7.39. The zero-order valence-electron chi connectivity index (χ0n) is 16.8. The number of hydrogen-bond donors (Lipinski definition) is 2. The van der Waals surface area contributed by atoms with Crippen LogP contribution in [0.15, 0.2) is 48.5 Å². The van der Waals surface area contributed by atoms with E-state index in [2.05, 4.69) is 25.3 Å². The number of alkyl halides is 3. The lowest BCUT2D eigenvalue weighted by molar-refractivity contribution is -0.112. The monoisotopic (exact) mass is 433 g/mol. The molecule has 2 aliphatic heterocycles. The summed E-state index contributed by atoms with van der Waals surface area (Å²) in [5, 5.41) is 12.9. The molecule has 2 aromatic heterocycles. The van der Waals surface area contributed by atoms with Crippen LogP contribution < -0.4 is 10.2 Å². The van der Waals surface area contributed by atoms with E-state index in [4.69, 9.17) is 0 Å². The Morgan fingerprint density at radius 3 is 2.48 bits per heavy atom. The van der Waals surface area contributed by atoms with Gasteiger partial charge in [0.2, 0.25) is 11.9 Å². The average Bonchev–Trinajstić information content (AvgIpc) is 2.74. The van der Waals surface area contributed by atoms with E-state index in [-0.39, 0.29) is 17.9 Å². The van der Waals surface area contributed by atoms with Crippen LogP contribution in [0, 0.1) is 0 Å². The van der Waals surface area contributed by atoms with Crippen molar-refractivity contribution in [2.45, 2.75) is 31.2 Å². The van der Waals surface area contributed by atoms with Gasteiger partial charge in [0, 0.05) is 38.2 Å². The number of nitrogens with zero attached hydrogens (tertiary/aromatic N) is 6. The Balaban J connectivity index is 1.69. The minimum Gasteiger partial charge on any atom is -0.393 e. The maximum absolute atomic E-state index is 13.4. The Labute approximate surface area is 177 Å². The second kappa shape index (κ2) is 8.50. The molecule has 1 unspecified atom stereocenters. The third-order valence-corrected chi connectivity index (χ3v) is 5.22. The van der Waals surface area contributed by atoms with Crippen LogP contribution in [-0.4, -0.2) is 62.4 Å². The number of aliphatic hydroxyl groups is 1. The second-order valence-electron chi connectivity index (χ2n) is 7.39. The Morgan fingerprint density at radius 1 is 1.10 bits per heavy atom. The summed E-state index contributed by atoms with van der Waals surface area (Å²) >= 11 is 0. The first-order chi connectivity index (χ1) is 14.8. The number of pyridine rings is 1. The molecule has 0 saturated carbocycles. The van der Waals surface area contributed by atoms with Crippen molar-refractivity contribution in [3.05, 3.63) is 54.3 Å². The van der Waals surface area contributed by atoms with Gasteiger partial charge < -0.3 is 20.2 Å². The smallest absolute Gasteiger partial charge is 0.393 e. The zero-order valence-corrected chi connectivity index (χ0v) is 16.8. The first-order valence-corrected chi connectivity index (χ1v) is 9.86. The standard InChI is InChI=1S/C20H22F3N7O/c1-29-15(3-2-4-16(29)20(21,22)23)17-26-18(25-13-5-9-24-10-6-13)28-19(27-17)30-11-7-14(31)8-12-30/h2-6,9-10,14-15,31H,7-8,11-12H2,1H3,(H,24,25,26,27,28). The maximum Gasteiger partial charge on any atom is 0.431 e. The molecular formula is C20H22F3N7O. The zero-order chi connectivity index (χ0) is 22.0. The highest BCUT2D eigenvalue weighted by molar-refractivity contribution is 5.53. The number of rotatable bonds is 4. The molecule has 0 bridgehead atoms. The summed E-state index contributed by atoms with van der Waals surface area (Å²) in [5.41, 5.74) is -0.0812. The quantitative estimate of drug-likeness (QED) is 0.761. The third-order valence-electron chi connectivity index (χ3n) is 5.22. The van der Waals surface area contributed by atoms with Crippen molar-refractivity contribution >= 4 is 17.6 Å². The number of aliphatic hydroxyl groups excluding tert-OH is 1. The fraction of sp³-hybridized carbons (Fsp3) is 0.400. The van der Waals surface area contributed by atoms with Crippen LogP contribution in [0.25, 0.3) is 0 Å². The molecule has 4 rings (SSSR count). The largest absolute Gasteiger partial charge is 0.431 e. The molecule has 31 heavy (non-hydrogen) atoms. The summed E-state index contributed by atoms with van der Waals surface area (Å²) in [4.78, 5) is 20.4. The van der Waals surface area contributed by atoms with E-state index >= 15 is 0 Å². The molecule has 0 spiro atoms. The van der Waals surface area contributed by atoms with Gasteiger partial charge in [-0.25, -0.2) is 0 Å². The topological polar surface area (TPSA) is 90.3 Å². The highest BCUT2D eigenvalue weighted by atomic mass is 19.4. The molecule has 164 valence electrons. The summed E-state index contributed by atoms with van der Waals surface area (Å²) < 4.78 is 40.2. The van der Waals surface area contributed by atoms with E-state index in [1.807, 2.05) is 4.90 Å². The Morgan fingerprint density at radius 2 is 1.81 bits per heavy atom. The van der Waals surface area contributed by atoms with E-state index < -0.39 is 17.9 Å². The molecule has 0 amide bonds. The van der Waals surface area contributed by atoms with E-state index in [0.29, 0.717) is 37.6 Å². The minimum absolute atomic E-state index is 0.196. The molecule has 1 atom stereocenters. The van der Waals surface area contributed by atoms with Crippen molar-refractivity contribution in [3.8, 4) is 0 Å². The van der Waals surface area contributed by atoms with Gasteiger partial charge in [-0.3, -0.25) is 4.98 Å². The van der Waals surface area contributed by atoms with Crippen LogP contribution in [0.4, 0.5) is 30.8 Å². The van der Waals surface area contributed by atoms with Gasteiger partial charge in [-0.1, -0.05) is 12.2 Å². The van der Waals surface area contributed by atoms with Crippen molar-refractivity contribution in [3.63, 3.8) is 0 Å². The molecular weight excluding hydrogens is 411 g/mol. The van der Waals surface area contributed by atoms with Crippen molar-refractivity contribution in [1.29, 1.82) is 0 Å². The van der Waals surface area contributed by atoms with E-state index in [9.17, 15) is 18.3 Å². The van der Waals surface area contributed by atoms with Crippen LogP contribution in [0.2, 0.25) is 0 Å². The molecule has 2 aliphatic rings. The van der Waals surface area contributed by atoms with Gasteiger partial charge in [0.05, 0.1) is 6.10 Å². The highest BCUT2D eigenvalue weighted by Crippen LogP contribution is 2.36. The highest BCUT2D eigenvalue weighted by Gasteiger charge is 2.40. The number of halogens is 3. The Hall–Kier alpha value is -3.21. The maximum atomic E-state index is 13.4. The van der Waals surface area contributed by atoms with Crippen LogP contribution in [0.5, 0.6) is 0 Å². The molecule has 4 heterocycles. The van der Waals surface area contributed by atoms with Gasteiger partial charge in [0.15, 0.2) is 5.82 Å². The summed E-state index contributed by atoms with van der Waals surface area (Å²) in [6, 6.07) is 2.66. The number of likely N-dealkylation sites (N-methyl/N-ethyl adjacent to an activating group) is 1. The van der Waals surface area contributed by atoms with Crippen molar-refractivity contribution in [2.75, 3.05) is 30.4 Å². The van der Waals surface area contributed by atoms with E-state index in [0.717, 1.165) is 11.0 Å². The number of allylic oxidation sites excluding steroid dienone is 3. The molecule has 2 aromatic rings. The van der Waals surface area contributed by atoms with Crippen molar-refractivity contribution in [2.24, 2.45) is 0 Å². The van der Waals surface area contributed by atoms with Gasteiger partial charge in [-0.15, -0.1) is 0 Å². The number of aromatic nitrogens is 4. The van der Waals surface area contributed by atoms with Gasteiger partial charge in [-0.05, 0) is 31.1 Å². The van der Waals surface area contributed by atoms with Gasteiger partial charge in [0.1, 0.15) is 11.7 Å². The van der Waals surface area contributed by atoms with Gasteiger partial charge >= 0.3 is 6.18 Å². The predicted octanol–water partition coefficient (Wildman–Crippen LogP) is 2.96.